The van der Waals surface area contributed by atoms with Crippen LogP contribution in [0.25, 0.3) is 11.4 Å². The van der Waals surface area contributed by atoms with Crippen LogP contribution in [0.2, 0.25) is 5.02 Å². The number of thioether (sulfide) groups is 1. The number of carbonyl (C=O) groups is 2. The third-order valence-corrected chi connectivity index (χ3v) is 5.24. The summed E-state index contributed by atoms with van der Waals surface area (Å²) in [4.78, 5) is 23.9. The molecule has 0 fully saturated rings. The van der Waals surface area contributed by atoms with E-state index in [2.05, 4.69) is 10.2 Å². The molecule has 156 valence electrons. The molecule has 0 saturated carbocycles. The van der Waals surface area contributed by atoms with Crippen molar-refractivity contribution in [3.8, 4) is 11.4 Å². The first-order chi connectivity index (χ1) is 14.4. The number of hydrogen-bond donors (Lipinski definition) is 0. The largest absolute Gasteiger partial charge is 0.457 e. The number of esters is 1. The average Bonchev–Trinajstić information content (AvgIpc) is 3.14. The molecule has 0 saturated heterocycles. The van der Waals surface area contributed by atoms with E-state index >= 15 is 0 Å². The van der Waals surface area contributed by atoms with E-state index in [1.54, 1.807) is 12.1 Å². The highest BCUT2D eigenvalue weighted by Crippen LogP contribution is 2.25. The van der Waals surface area contributed by atoms with Gasteiger partial charge in [0.15, 0.2) is 17.6 Å². The van der Waals surface area contributed by atoms with E-state index in [0.717, 1.165) is 29.5 Å². The molecule has 0 bridgehead atoms. The highest BCUT2D eigenvalue weighted by Gasteiger charge is 2.17. The number of aromatic nitrogens is 3. The zero-order valence-electron chi connectivity index (χ0n) is 15.8. The van der Waals surface area contributed by atoms with Crippen LogP contribution >= 0.6 is 23.4 Å². The quantitative estimate of drug-likeness (QED) is 0.287. The molecule has 3 rings (SSSR count). The van der Waals surface area contributed by atoms with Crippen LogP contribution < -0.4 is 0 Å². The number of Topliss-reactive ketones (excluding diaryl/α,β-unsaturated/α-hetero) is 1. The predicted octanol–water partition coefficient (Wildman–Crippen LogP) is 4.41. The van der Waals surface area contributed by atoms with Crippen molar-refractivity contribution in [2.45, 2.75) is 18.6 Å². The topological polar surface area (TPSA) is 74.1 Å². The summed E-state index contributed by atoms with van der Waals surface area (Å²) in [5.74, 6) is -2.71. The Labute approximate surface area is 180 Å². The van der Waals surface area contributed by atoms with Crippen molar-refractivity contribution < 1.29 is 23.1 Å². The predicted molar refractivity (Wildman–Crippen MR) is 109 cm³/mol. The van der Waals surface area contributed by atoms with Gasteiger partial charge < -0.3 is 9.30 Å². The Bertz CT molecular complexity index is 1070. The lowest BCUT2D eigenvalue weighted by Gasteiger charge is -2.08. The van der Waals surface area contributed by atoms with E-state index in [9.17, 15) is 18.4 Å². The maximum atomic E-state index is 13.6. The maximum Gasteiger partial charge on any atom is 0.316 e. The van der Waals surface area contributed by atoms with Gasteiger partial charge >= 0.3 is 5.97 Å². The lowest BCUT2D eigenvalue weighted by Crippen LogP contribution is -2.17. The van der Waals surface area contributed by atoms with Gasteiger partial charge in [-0.3, -0.25) is 9.59 Å². The Morgan fingerprint density at radius 2 is 1.87 bits per heavy atom. The number of rotatable bonds is 8. The molecule has 0 unspecified atom stereocenters. The molecule has 1 aromatic heterocycles. The van der Waals surface area contributed by atoms with E-state index in [1.807, 2.05) is 23.6 Å². The Hall–Kier alpha value is -2.78. The summed E-state index contributed by atoms with van der Waals surface area (Å²) < 4.78 is 33.3. The SMILES string of the molecule is CCn1c(SCC(=O)OCC(=O)c2ccc(F)cc2F)nnc1-c1ccc(Cl)cc1. The third kappa shape index (κ3) is 5.22. The van der Waals surface area contributed by atoms with Crippen molar-refractivity contribution in [2.24, 2.45) is 0 Å². The molecule has 0 aliphatic rings. The normalized spacial score (nSPS) is 10.8. The summed E-state index contributed by atoms with van der Waals surface area (Å²) in [6, 6.07) is 9.71. The van der Waals surface area contributed by atoms with Crippen LogP contribution in [0.4, 0.5) is 8.78 Å². The second kappa shape index (κ2) is 9.82. The minimum Gasteiger partial charge on any atom is -0.457 e. The number of halogens is 3. The molecule has 30 heavy (non-hydrogen) atoms. The molecule has 3 aromatic rings. The van der Waals surface area contributed by atoms with Crippen LogP contribution in [-0.2, 0) is 16.1 Å². The zero-order chi connectivity index (χ0) is 21.7. The summed E-state index contributed by atoms with van der Waals surface area (Å²) >= 11 is 7.01. The highest BCUT2D eigenvalue weighted by molar-refractivity contribution is 7.99. The van der Waals surface area contributed by atoms with Crippen molar-refractivity contribution in [2.75, 3.05) is 12.4 Å². The summed E-state index contributed by atoms with van der Waals surface area (Å²) in [6.45, 7) is 1.85. The third-order valence-electron chi connectivity index (χ3n) is 4.05. The van der Waals surface area contributed by atoms with Crippen LogP contribution in [0.1, 0.15) is 17.3 Å². The van der Waals surface area contributed by atoms with Gasteiger partial charge in [-0.15, -0.1) is 10.2 Å². The second-order valence-electron chi connectivity index (χ2n) is 6.05. The van der Waals surface area contributed by atoms with Gasteiger partial charge in [-0.2, -0.15) is 0 Å². The zero-order valence-corrected chi connectivity index (χ0v) is 17.3. The van der Waals surface area contributed by atoms with E-state index in [1.165, 1.54) is 0 Å². The smallest absolute Gasteiger partial charge is 0.316 e. The molecule has 0 amide bonds. The first-order valence-electron chi connectivity index (χ1n) is 8.85. The summed E-state index contributed by atoms with van der Waals surface area (Å²) in [5.41, 5.74) is 0.491. The minimum absolute atomic E-state index is 0.113. The van der Waals surface area contributed by atoms with Crippen LogP contribution in [-0.4, -0.2) is 38.9 Å². The van der Waals surface area contributed by atoms with Crippen molar-refractivity contribution in [3.63, 3.8) is 0 Å². The fourth-order valence-electron chi connectivity index (χ4n) is 2.60. The van der Waals surface area contributed by atoms with Gasteiger partial charge in [-0.25, -0.2) is 8.78 Å². The first-order valence-corrected chi connectivity index (χ1v) is 10.2. The number of ether oxygens (including phenoxy) is 1. The Morgan fingerprint density at radius 1 is 1.13 bits per heavy atom. The molecular weight excluding hydrogens is 436 g/mol. The summed E-state index contributed by atoms with van der Waals surface area (Å²) in [7, 11) is 0. The minimum atomic E-state index is -1.00. The van der Waals surface area contributed by atoms with Gasteiger partial charge in [0.05, 0.1) is 11.3 Å². The van der Waals surface area contributed by atoms with Crippen LogP contribution in [0.3, 0.4) is 0 Å². The van der Waals surface area contributed by atoms with E-state index < -0.39 is 30.0 Å². The number of nitrogens with zero attached hydrogens (tertiary/aromatic N) is 3. The van der Waals surface area contributed by atoms with E-state index in [-0.39, 0.29) is 11.3 Å². The van der Waals surface area contributed by atoms with Gasteiger partial charge in [-0.05, 0) is 43.3 Å². The molecule has 6 nitrogen and oxygen atoms in total. The van der Waals surface area contributed by atoms with E-state index in [0.29, 0.717) is 28.6 Å². The lowest BCUT2D eigenvalue weighted by atomic mass is 10.1. The first kappa shape index (κ1) is 21.9. The van der Waals surface area contributed by atoms with Gasteiger partial charge in [0.1, 0.15) is 11.6 Å². The van der Waals surface area contributed by atoms with Crippen molar-refractivity contribution in [3.05, 3.63) is 64.7 Å². The monoisotopic (exact) mass is 451 g/mol. The fourth-order valence-corrected chi connectivity index (χ4v) is 3.52. The van der Waals surface area contributed by atoms with Gasteiger partial charge in [0.25, 0.3) is 0 Å². The molecule has 0 aliphatic heterocycles. The Balaban J connectivity index is 1.58. The lowest BCUT2D eigenvalue weighted by molar-refractivity contribution is -0.139. The Morgan fingerprint density at radius 3 is 2.53 bits per heavy atom. The molecule has 1 heterocycles. The van der Waals surface area contributed by atoms with Crippen molar-refractivity contribution in [1.82, 2.24) is 14.8 Å². The summed E-state index contributed by atoms with van der Waals surface area (Å²) in [5, 5.41) is 9.38. The molecule has 10 heteroatoms. The molecule has 0 N–H and O–H groups in total. The molecule has 0 atom stereocenters. The molecule has 0 radical (unpaired) electrons. The molecular formula is C20H16ClF2N3O3S. The van der Waals surface area contributed by atoms with Crippen LogP contribution in [0.15, 0.2) is 47.6 Å². The molecule has 0 spiro atoms. The molecule has 2 aromatic carbocycles. The van der Waals surface area contributed by atoms with Crippen LogP contribution in [0, 0.1) is 11.6 Å². The number of carbonyl (C=O) groups excluding carboxylic acids is 2. The maximum absolute atomic E-state index is 13.6. The van der Waals surface area contributed by atoms with E-state index in [4.69, 9.17) is 16.3 Å². The average molecular weight is 452 g/mol. The van der Waals surface area contributed by atoms with Crippen molar-refractivity contribution in [1.29, 1.82) is 0 Å². The van der Waals surface area contributed by atoms with Gasteiger partial charge in [-0.1, -0.05) is 23.4 Å². The van der Waals surface area contributed by atoms with Gasteiger partial charge in [0.2, 0.25) is 5.78 Å². The Kier molecular flexibility index (Phi) is 7.17. The van der Waals surface area contributed by atoms with Crippen LogP contribution in [0.5, 0.6) is 0 Å². The highest BCUT2D eigenvalue weighted by atomic mass is 35.5. The molecule has 0 aliphatic carbocycles. The number of hydrogen-bond acceptors (Lipinski definition) is 6. The van der Waals surface area contributed by atoms with Gasteiger partial charge in [0, 0.05) is 23.2 Å². The van der Waals surface area contributed by atoms with Crippen molar-refractivity contribution >= 4 is 35.1 Å². The fraction of sp³-hybridized carbons (Fsp3) is 0.200. The second-order valence-corrected chi connectivity index (χ2v) is 7.43. The number of ketones is 1. The summed E-state index contributed by atoms with van der Waals surface area (Å²) in [6.07, 6.45) is 0. The standard InChI is InChI=1S/C20H16ClF2N3O3S/c1-2-26-19(12-3-5-13(21)6-4-12)24-25-20(26)30-11-18(28)29-10-17(27)15-8-7-14(22)9-16(15)23/h3-9H,2,10-11H2,1H3. The number of benzene rings is 2.